The van der Waals surface area contributed by atoms with E-state index < -0.39 is 0 Å². The summed E-state index contributed by atoms with van der Waals surface area (Å²) in [7, 11) is 3.23. The van der Waals surface area contributed by atoms with Gasteiger partial charge in [-0.2, -0.15) is 0 Å². The van der Waals surface area contributed by atoms with Gasteiger partial charge in [0.2, 0.25) is 0 Å². The molecular weight excluding hydrogens is 480 g/mol. The summed E-state index contributed by atoms with van der Waals surface area (Å²) in [5, 5.41) is 4.81. The minimum Gasteiger partial charge on any atom is -0.497 e. The zero-order valence-corrected chi connectivity index (χ0v) is 21.0. The summed E-state index contributed by atoms with van der Waals surface area (Å²) in [5.41, 5.74) is 2.42. The fourth-order valence-electron chi connectivity index (χ4n) is 4.18. The van der Waals surface area contributed by atoms with Gasteiger partial charge in [-0.05, 0) is 52.7 Å². The second-order valence-corrected chi connectivity index (χ2v) is 9.99. The first-order chi connectivity index (χ1) is 17.1. The Morgan fingerprint density at radius 3 is 2.69 bits per heavy atom. The van der Waals surface area contributed by atoms with Crippen molar-refractivity contribution >= 4 is 44.2 Å². The van der Waals surface area contributed by atoms with Crippen LogP contribution in [0.25, 0.3) is 26.7 Å². The van der Waals surface area contributed by atoms with Gasteiger partial charge in [-0.3, -0.25) is 14.0 Å². The zero-order valence-electron chi connectivity index (χ0n) is 19.4. The van der Waals surface area contributed by atoms with Gasteiger partial charge in [0.15, 0.2) is 0 Å². The molecule has 0 saturated carbocycles. The molecule has 0 aliphatic carbocycles. The van der Waals surface area contributed by atoms with E-state index in [-0.39, 0.29) is 11.5 Å². The molecule has 0 spiro atoms. The van der Waals surface area contributed by atoms with E-state index >= 15 is 0 Å². The predicted molar refractivity (Wildman–Crippen MR) is 142 cm³/mol. The van der Waals surface area contributed by atoms with E-state index in [1.165, 1.54) is 11.3 Å². The van der Waals surface area contributed by atoms with E-state index in [4.69, 9.17) is 9.47 Å². The molecule has 6 nitrogen and oxygen atoms in total. The Labute approximate surface area is 210 Å². The van der Waals surface area contributed by atoms with Crippen LogP contribution >= 0.6 is 22.7 Å². The standard InChI is InChI=1S/C27H24N2O4S2/c1-32-12-11-28(16-20-7-4-13-34-20)26(30)23-17-29-24(25-22(23)10-14-35-25)9-8-21(27(29)31)18-5-3-6-19(15-18)33-2/h3-10,13-15,17H,11-12,16H2,1-2H3. The van der Waals surface area contributed by atoms with Crippen molar-refractivity contribution in [1.29, 1.82) is 0 Å². The maximum atomic E-state index is 13.8. The summed E-state index contributed by atoms with van der Waals surface area (Å²) in [5.74, 6) is 0.554. The molecule has 1 aromatic carbocycles. The Kier molecular flexibility index (Phi) is 6.68. The summed E-state index contributed by atoms with van der Waals surface area (Å²) in [6.07, 6.45) is 1.69. The van der Waals surface area contributed by atoms with Crippen LogP contribution < -0.4 is 10.3 Å². The van der Waals surface area contributed by atoms with Crippen LogP contribution in [0, 0.1) is 0 Å². The van der Waals surface area contributed by atoms with Crippen LogP contribution in [0.2, 0.25) is 0 Å². The molecule has 5 aromatic rings. The highest BCUT2D eigenvalue weighted by Gasteiger charge is 2.22. The van der Waals surface area contributed by atoms with Crippen LogP contribution in [0.3, 0.4) is 0 Å². The van der Waals surface area contributed by atoms with Crippen LogP contribution in [0.4, 0.5) is 0 Å². The normalized spacial score (nSPS) is 11.3. The first kappa shape index (κ1) is 23.3. The lowest BCUT2D eigenvalue weighted by atomic mass is 10.1. The SMILES string of the molecule is COCCN(Cc1cccs1)C(=O)c1cn2c(=O)c(-c3cccc(OC)c3)ccc2c2sccc12. The predicted octanol–water partition coefficient (Wildman–Crippen LogP) is 5.54. The highest BCUT2D eigenvalue weighted by atomic mass is 32.1. The van der Waals surface area contributed by atoms with E-state index in [2.05, 4.69) is 0 Å². The molecule has 178 valence electrons. The van der Waals surface area contributed by atoms with E-state index in [1.807, 2.05) is 65.4 Å². The number of aromatic nitrogens is 1. The first-order valence-corrected chi connectivity index (χ1v) is 12.9. The summed E-state index contributed by atoms with van der Waals surface area (Å²) in [6.45, 7) is 1.37. The molecule has 0 aliphatic rings. The van der Waals surface area contributed by atoms with E-state index in [0.29, 0.717) is 36.6 Å². The van der Waals surface area contributed by atoms with Crippen molar-refractivity contribution in [3.05, 3.63) is 92.3 Å². The third-order valence-corrected chi connectivity index (χ3v) is 7.75. The second-order valence-electron chi connectivity index (χ2n) is 8.04. The summed E-state index contributed by atoms with van der Waals surface area (Å²) in [4.78, 5) is 30.4. The number of fused-ring (bicyclic) bond motifs is 3. The smallest absolute Gasteiger partial charge is 0.263 e. The summed E-state index contributed by atoms with van der Waals surface area (Å²) >= 11 is 3.14. The third-order valence-electron chi connectivity index (χ3n) is 5.95. The van der Waals surface area contributed by atoms with Crippen molar-refractivity contribution in [2.45, 2.75) is 6.54 Å². The average Bonchev–Trinajstić information content (AvgIpc) is 3.58. The highest BCUT2D eigenvalue weighted by Crippen LogP contribution is 2.31. The summed E-state index contributed by atoms with van der Waals surface area (Å²) in [6, 6.07) is 17.2. The number of nitrogens with zero attached hydrogens (tertiary/aromatic N) is 2. The molecule has 0 radical (unpaired) electrons. The Morgan fingerprint density at radius 2 is 1.91 bits per heavy atom. The lowest BCUT2D eigenvalue weighted by molar-refractivity contribution is 0.0684. The number of pyridine rings is 2. The number of hydrogen-bond donors (Lipinski definition) is 0. The van der Waals surface area contributed by atoms with Crippen LogP contribution in [0.15, 0.2) is 76.3 Å². The van der Waals surface area contributed by atoms with E-state index in [0.717, 1.165) is 26.0 Å². The van der Waals surface area contributed by atoms with Gasteiger partial charge in [-0.15, -0.1) is 22.7 Å². The lowest BCUT2D eigenvalue weighted by Gasteiger charge is -2.22. The molecule has 1 amide bonds. The number of benzene rings is 1. The van der Waals surface area contributed by atoms with Crippen LogP contribution in [-0.2, 0) is 11.3 Å². The van der Waals surface area contributed by atoms with Gasteiger partial charge < -0.3 is 14.4 Å². The Hall–Kier alpha value is -3.46. The molecule has 35 heavy (non-hydrogen) atoms. The number of carbonyl (C=O) groups excluding carboxylic acids is 1. The second kappa shape index (κ2) is 10.0. The number of ether oxygens (including phenoxy) is 2. The number of thiophene rings is 2. The van der Waals surface area contributed by atoms with Crippen molar-refractivity contribution in [1.82, 2.24) is 9.30 Å². The molecule has 4 aromatic heterocycles. The molecule has 0 unspecified atom stereocenters. The average molecular weight is 505 g/mol. The molecule has 0 fully saturated rings. The first-order valence-electron chi connectivity index (χ1n) is 11.1. The van der Waals surface area contributed by atoms with Crippen molar-refractivity contribution in [3.63, 3.8) is 0 Å². The van der Waals surface area contributed by atoms with Crippen molar-refractivity contribution in [2.24, 2.45) is 0 Å². The van der Waals surface area contributed by atoms with Gasteiger partial charge in [-0.25, -0.2) is 0 Å². The quantitative estimate of drug-likeness (QED) is 0.278. The molecule has 8 heteroatoms. The van der Waals surface area contributed by atoms with Crippen LogP contribution in [-0.4, -0.2) is 42.6 Å². The van der Waals surface area contributed by atoms with Gasteiger partial charge >= 0.3 is 0 Å². The number of amides is 1. The number of hydrogen-bond acceptors (Lipinski definition) is 6. The highest BCUT2D eigenvalue weighted by molar-refractivity contribution is 7.18. The van der Waals surface area contributed by atoms with Gasteiger partial charge in [0.05, 0.1) is 36.0 Å². The minimum absolute atomic E-state index is 0.126. The molecular formula is C27H24N2O4S2. The van der Waals surface area contributed by atoms with E-state index in [9.17, 15) is 9.59 Å². The number of carbonyl (C=O) groups is 1. The van der Waals surface area contributed by atoms with Gasteiger partial charge in [0.25, 0.3) is 11.5 Å². The van der Waals surface area contributed by atoms with Crippen molar-refractivity contribution < 1.29 is 14.3 Å². The summed E-state index contributed by atoms with van der Waals surface area (Å²) < 4.78 is 13.1. The van der Waals surface area contributed by atoms with Gasteiger partial charge in [0.1, 0.15) is 5.75 Å². The van der Waals surface area contributed by atoms with E-state index in [1.54, 1.807) is 41.1 Å². The molecule has 0 atom stereocenters. The molecule has 0 bridgehead atoms. The largest absolute Gasteiger partial charge is 0.497 e. The Morgan fingerprint density at radius 1 is 1.03 bits per heavy atom. The lowest BCUT2D eigenvalue weighted by Crippen LogP contribution is -2.33. The molecule has 0 saturated heterocycles. The Balaban J connectivity index is 1.65. The van der Waals surface area contributed by atoms with Crippen LogP contribution in [0.1, 0.15) is 15.2 Å². The van der Waals surface area contributed by atoms with Crippen molar-refractivity contribution in [3.8, 4) is 16.9 Å². The molecule has 5 rings (SSSR count). The fraction of sp³-hybridized carbons (Fsp3) is 0.185. The van der Waals surface area contributed by atoms with Crippen LogP contribution in [0.5, 0.6) is 5.75 Å². The minimum atomic E-state index is -0.179. The topological polar surface area (TPSA) is 60.2 Å². The number of methoxy groups -OCH3 is 2. The monoisotopic (exact) mass is 504 g/mol. The molecule has 0 aliphatic heterocycles. The zero-order chi connectivity index (χ0) is 24.4. The third kappa shape index (κ3) is 4.48. The maximum absolute atomic E-state index is 13.8. The molecule has 4 heterocycles. The maximum Gasteiger partial charge on any atom is 0.263 e. The number of rotatable bonds is 8. The van der Waals surface area contributed by atoms with Crippen molar-refractivity contribution in [2.75, 3.05) is 27.4 Å². The van der Waals surface area contributed by atoms with Gasteiger partial charge in [-0.1, -0.05) is 18.2 Å². The van der Waals surface area contributed by atoms with Gasteiger partial charge in [0, 0.05) is 35.7 Å². The Bertz CT molecular complexity index is 1550. The fourth-order valence-corrected chi connectivity index (χ4v) is 5.83. The molecule has 0 N–H and O–H groups in total.